The van der Waals surface area contributed by atoms with E-state index in [-0.39, 0.29) is 23.8 Å². The number of carbonyl (C=O) groups is 5. The third kappa shape index (κ3) is 8.93. The molecule has 10 heteroatoms. The number of urea groups is 1. The first kappa shape index (κ1) is 34.9. The highest BCUT2D eigenvalue weighted by atomic mass is 16.2. The fraction of sp³-hybridized carbons (Fsp3) is 0.703. The van der Waals surface area contributed by atoms with Crippen LogP contribution in [0.15, 0.2) is 30.3 Å². The molecule has 5 rings (SSSR count). The van der Waals surface area contributed by atoms with E-state index >= 15 is 0 Å². The minimum absolute atomic E-state index is 0.150. The third-order valence-electron chi connectivity index (χ3n) is 11.1. The molecule has 0 bridgehead atoms. The van der Waals surface area contributed by atoms with Crippen LogP contribution in [0.25, 0.3) is 0 Å². The zero-order chi connectivity index (χ0) is 33.8. The Labute approximate surface area is 279 Å². The van der Waals surface area contributed by atoms with Gasteiger partial charge in [0.1, 0.15) is 12.1 Å². The monoisotopic (exact) mass is 649 g/mol. The van der Waals surface area contributed by atoms with Gasteiger partial charge in [0.2, 0.25) is 17.6 Å². The van der Waals surface area contributed by atoms with E-state index in [0.717, 1.165) is 82.6 Å². The fourth-order valence-electron chi connectivity index (χ4n) is 8.27. The number of hydrogen-bond donors (Lipinski definition) is 4. The lowest BCUT2D eigenvalue weighted by atomic mass is 9.77. The van der Waals surface area contributed by atoms with E-state index < -0.39 is 46.7 Å². The van der Waals surface area contributed by atoms with Crippen LogP contribution in [0.3, 0.4) is 0 Å². The Morgan fingerprint density at radius 1 is 0.894 bits per heavy atom. The smallest absolute Gasteiger partial charge is 0.315 e. The number of carbonyl (C=O) groups excluding carboxylic acids is 5. The van der Waals surface area contributed by atoms with Crippen molar-refractivity contribution in [2.45, 2.75) is 134 Å². The largest absolute Gasteiger partial charge is 0.363 e. The van der Waals surface area contributed by atoms with Gasteiger partial charge in [-0.15, -0.1) is 0 Å². The van der Waals surface area contributed by atoms with Crippen molar-refractivity contribution in [2.24, 2.45) is 28.9 Å². The van der Waals surface area contributed by atoms with Crippen molar-refractivity contribution in [3.8, 4) is 0 Å². The van der Waals surface area contributed by atoms with Gasteiger partial charge in [0.05, 0.1) is 6.04 Å². The predicted octanol–water partition coefficient (Wildman–Crippen LogP) is 4.39. The maximum Gasteiger partial charge on any atom is 0.315 e. The summed E-state index contributed by atoms with van der Waals surface area (Å²) in [4.78, 5) is 68.4. The fourth-order valence-corrected chi connectivity index (χ4v) is 8.27. The van der Waals surface area contributed by atoms with E-state index in [1.807, 2.05) is 39.0 Å². The number of amides is 5. The van der Waals surface area contributed by atoms with Crippen LogP contribution >= 0.6 is 0 Å². The van der Waals surface area contributed by atoms with Gasteiger partial charge in [-0.05, 0) is 60.8 Å². The third-order valence-corrected chi connectivity index (χ3v) is 11.1. The van der Waals surface area contributed by atoms with Crippen molar-refractivity contribution in [3.63, 3.8) is 0 Å². The summed E-state index contributed by atoms with van der Waals surface area (Å²) in [5, 5.41) is 9.19. The van der Waals surface area contributed by atoms with Crippen LogP contribution in [0.5, 0.6) is 0 Å². The van der Waals surface area contributed by atoms with Gasteiger partial charge in [0.15, 0.2) is 0 Å². The molecule has 4 aliphatic rings. The van der Waals surface area contributed by atoms with Crippen LogP contribution in [0.1, 0.15) is 110 Å². The number of nitrogens with one attached hydrogen (secondary N) is 3. The molecule has 0 radical (unpaired) electrons. The summed E-state index contributed by atoms with van der Waals surface area (Å²) in [6.45, 7) is 6.19. The summed E-state index contributed by atoms with van der Waals surface area (Å²) in [6, 6.07) is 7.14. The van der Waals surface area contributed by atoms with E-state index in [2.05, 4.69) is 28.1 Å². The number of rotatable bonds is 12. The van der Waals surface area contributed by atoms with E-state index in [1.54, 1.807) is 4.90 Å². The molecule has 1 aromatic rings. The number of ketones is 1. The molecule has 1 unspecified atom stereocenters. The summed E-state index contributed by atoms with van der Waals surface area (Å²) in [5.41, 5.74) is 5.47. The standard InChI is InChI=1S/C37H55N5O5/c1-36(2,3)31(40-35(47)41-37(18-10-5-11-19-37)22-25-12-6-4-7-13-25)34(46)42-23-27(26-14-8-9-15-26)21-29(42)33(45)39-28(20-24-16-17-24)30(43)32(38)44/h4,6-7,12-13,24,26-29,31H,5,8-11,14-23H2,1-3H3,(H2,38,44)(H,39,45)(H2,40,41,47)/t27-,28?,29+,31-/m1/s1. The molecule has 3 aliphatic carbocycles. The highest BCUT2D eigenvalue weighted by molar-refractivity contribution is 6.37. The van der Waals surface area contributed by atoms with Crippen molar-refractivity contribution in [1.29, 1.82) is 0 Å². The molecule has 4 fully saturated rings. The molecule has 0 aromatic heterocycles. The van der Waals surface area contributed by atoms with Gasteiger partial charge in [-0.25, -0.2) is 4.79 Å². The summed E-state index contributed by atoms with van der Waals surface area (Å²) in [5.74, 6) is -1.74. The quantitative estimate of drug-likeness (QED) is 0.248. The number of hydrogen-bond acceptors (Lipinski definition) is 5. The first-order valence-corrected chi connectivity index (χ1v) is 17.9. The first-order chi connectivity index (χ1) is 22.3. The van der Waals surface area contributed by atoms with Gasteiger partial charge in [0.25, 0.3) is 5.91 Å². The maximum atomic E-state index is 14.5. The second-order valence-corrected chi connectivity index (χ2v) is 15.9. The van der Waals surface area contributed by atoms with E-state index in [4.69, 9.17) is 5.73 Å². The SMILES string of the molecule is CC(C)(C)[C@H](NC(=O)NC1(Cc2ccccc2)CCCCC1)C(=O)N1C[C@H](C2CCCC2)C[C@H]1C(=O)NC(CC1CC1)C(=O)C(N)=O. The van der Waals surface area contributed by atoms with Crippen molar-refractivity contribution in [3.05, 3.63) is 35.9 Å². The second-order valence-electron chi connectivity index (χ2n) is 15.9. The number of nitrogens with two attached hydrogens (primary N) is 1. The first-order valence-electron chi connectivity index (χ1n) is 17.9. The molecule has 0 spiro atoms. The van der Waals surface area contributed by atoms with Crippen LogP contribution in [0, 0.1) is 23.2 Å². The van der Waals surface area contributed by atoms with Crippen LogP contribution in [-0.4, -0.2) is 64.6 Å². The molecular formula is C37H55N5O5. The predicted molar refractivity (Wildman–Crippen MR) is 180 cm³/mol. The molecule has 1 heterocycles. The van der Waals surface area contributed by atoms with Gasteiger partial charge in [-0.3, -0.25) is 19.2 Å². The van der Waals surface area contributed by atoms with Gasteiger partial charge < -0.3 is 26.6 Å². The average molecular weight is 650 g/mol. The van der Waals surface area contributed by atoms with Crippen molar-refractivity contribution in [1.82, 2.24) is 20.9 Å². The minimum atomic E-state index is -1.06. The van der Waals surface area contributed by atoms with Crippen LogP contribution in [0.4, 0.5) is 4.79 Å². The Kier molecular flexibility index (Phi) is 11.0. The molecule has 1 aliphatic heterocycles. The molecule has 1 saturated heterocycles. The van der Waals surface area contributed by atoms with Crippen LogP contribution < -0.4 is 21.7 Å². The summed E-state index contributed by atoms with van der Waals surface area (Å²) >= 11 is 0. The number of likely N-dealkylation sites (tertiary alicyclic amines) is 1. The Bertz CT molecular complexity index is 1290. The Morgan fingerprint density at radius 3 is 2.15 bits per heavy atom. The molecule has 5 amide bonds. The van der Waals surface area contributed by atoms with E-state index in [1.165, 1.54) is 0 Å². The Hall–Kier alpha value is -3.43. The molecule has 258 valence electrons. The zero-order valence-corrected chi connectivity index (χ0v) is 28.5. The van der Waals surface area contributed by atoms with Gasteiger partial charge in [0, 0.05) is 12.1 Å². The maximum absolute atomic E-state index is 14.5. The summed E-state index contributed by atoms with van der Waals surface area (Å²) in [7, 11) is 0. The number of Topliss-reactive ketones (excluding diaryl/α,β-unsaturated/α-hetero) is 1. The van der Waals surface area contributed by atoms with Crippen molar-refractivity contribution >= 4 is 29.5 Å². The summed E-state index contributed by atoms with van der Waals surface area (Å²) in [6.07, 6.45) is 12.8. The molecular weight excluding hydrogens is 594 g/mol. The van der Waals surface area contributed by atoms with Crippen molar-refractivity contribution in [2.75, 3.05) is 6.54 Å². The van der Waals surface area contributed by atoms with Crippen LogP contribution in [0.2, 0.25) is 0 Å². The Balaban J connectivity index is 1.34. The van der Waals surface area contributed by atoms with Gasteiger partial charge in [-0.1, -0.05) is 109 Å². The molecule has 1 aromatic carbocycles. The average Bonchev–Trinajstić information content (AvgIpc) is 3.47. The lowest BCUT2D eigenvalue weighted by Crippen LogP contribution is -2.62. The topological polar surface area (TPSA) is 151 Å². The lowest BCUT2D eigenvalue weighted by molar-refractivity contribution is -0.143. The summed E-state index contributed by atoms with van der Waals surface area (Å²) < 4.78 is 0. The van der Waals surface area contributed by atoms with Gasteiger partial charge in [-0.2, -0.15) is 0 Å². The molecule has 10 nitrogen and oxygen atoms in total. The Morgan fingerprint density at radius 2 is 1.55 bits per heavy atom. The van der Waals surface area contributed by atoms with E-state index in [9.17, 15) is 24.0 Å². The lowest BCUT2D eigenvalue weighted by Gasteiger charge is -2.40. The van der Waals surface area contributed by atoms with Crippen LogP contribution in [-0.2, 0) is 25.6 Å². The second kappa shape index (κ2) is 14.8. The van der Waals surface area contributed by atoms with E-state index in [0.29, 0.717) is 25.3 Å². The normalized spacial score (nSPS) is 24.3. The molecule has 3 saturated carbocycles. The minimum Gasteiger partial charge on any atom is -0.363 e. The highest BCUT2D eigenvalue weighted by Gasteiger charge is 2.48. The molecule has 47 heavy (non-hydrogen) atoms. The van der Waals surface area contributed by atoms with Crippen molar-refractivity contribution < 1.29 is 24.0 Å². The number of nitrogens with zero attached hydrogens (tertiary/aromatic N) is 1. The number of primary amides is 1. The molecule has 4 atom stereocenters. The van der Waals surface area contributed by atoms with Gasteiger partial charge >= 0.3 is 6.03 Å². The highest BCUT2D eigenvalue weighted by Crippen LogP contribution is 2.40. The molecule has 5 N–H and O–H groups in total. The zero-order valence-electron chi connectivity index (χ0n) is 28.5. The number of benzene rings is 1.